The first-order valence-corrected chi connectivity index (χ1v) is 6.22. The molecule has 6 nitrogen and oxygen atoms in total. The summed E-state index contributed by atoms with van der Waals surface area (Å²) in [7, 11) is 1.43. The lowest BCUT2D eigenvalue weighted by molar-refractivity contribution is 0.0694. The Morgan fingerprint density at radius 1 is 1.05 bits per heavy atom. The van der Waals surface area contributed by atoms with Crippen molar-refractivity contribution in [3.05, 3.63) is 53.1 Å². The summed E-state index contributed by atoms with van der Waals surface area (Å²) in [6, 6.07) is 8.88. The summed E-state index contributed by atoms with van der Waals surface area (Å²) in [5.41, 5.74) is -0.0378. The molecule has 0 aliphatic carbocycles. The zero-order valence-corrected chi connectivity index (χ0v) is 11.6. The molecule has 2 aromatic rings. The first-order valence-electron chi connectivity index (χ1n) is 6.22. The molecular weight excluding hydrogens is 288 g/mol. The molecular formula is C16H12O6. The van der Waals surface area contributed by atoms with E-state index in [-0.39, 0.29) is 22.3 Å². The summed E-state index contributed by atoms with van der Waals surface area (Å²) < 4.78 is 5.19. The van der Waals surface area contributed by atoms with Gasteiger partial charge in [-0.2, -0.15) is 0 Å². The molecule has 6 heteroatoms. The second-order valence-corrected chi connectivity index (χ2v) is 4.41. The molecule has 0 saturated heterocycles. The number of aromatic carboxylic acids is 2. The van der Waals surface area contributed by atoms with E-state index in [9.17, 15) is 19.5 Å². The van der Waals surface area contributed by atoms with Crippen LogP contribution in [0.2, 0.25) is 0 Å². The Balaban J connectivity index is 2.86. The fourth-order valence-corrected chi connectivity index (χ4v) is 2.17. The van der Waals surface area contributed by atoms with Gasteiger partial charge >= 0.3 is 11.9 Å². The maximum absolute atomic E-state index is 11.4. The Kier molecular flexibility index (Phi) is 4.22. The lowest BCUT2D eigenvalue weighted by atomic mass is 9.93. The van der Waals surface area contributed by atoms with Gasteiger partial charge in [0.25, 0.3) is 0 Å². The predicted molar refractivity (Wildman–Crippen MR) is 77.7 cm³/mol. The van der Waals surface area contributed by atoms with E-state index in [4.69, 9.17) is 9.84 Å². The van der Waals surface area contributed by atoms with E-state index in [1.807, 2.05) is 0 Å². The third-order valence-corrected chi connectivity index (χ3v) is 3.17. The molecule has 0 fully saturated rings. The lowest BCUT2D eigenvalue weighted by Crippen LogP contribution is -2.08. The number of ether oxygens (including phenoxy) is 1. The molecule has 0 saturated carbocycles. The molecule has 0 heterocycles. The van der Waals surface area contributed by atoms with Crippen LogP contribution in [0.3, 0.4) is 0 Å². The smallest absolute Gasteiger partial charge is 0.336 e. The van der Waals surface area contributed by atoms with Crippen LogP contribution in [0.4, 0.5) is 0 Å². The minimum atomic E-state index is -1.37. The minimum absolute atomic E-state index is 0.0954. The second kappa shape index (κ2) is 6.09. The average Bonchev–Trinajstić information content (AvgIpc) is 2.53. The van der Waals surface area contributed by atoms with Crippen molar-refractivity contribution in [2.75, 3.05) is 7.11 Å². The number of methoxy groups -OCH3 is 1. The number of rotatable bonds is 5. The molecule has 0 spiro atoms. The highest BCUT2D eigenvalue weighted by Crippen LogP contribution is 2.34. The van der Waals surface area contributed by atoms with E-state index in [1.165, 1.54) is 13.2 Å². The summed E-state index contributed by atoms with van der Waals surface area (Å²) in [5, 5.41) is 18.4. The van der Waals surface area contributed by atoms with Gasteiger partial charge in [-0.15, -0.1) is 0 Å². The van der Waals surface area contributed by atoms with Crippen molar-refractivity contribution in [3.8, 4) is 16.9 Å². The Morgan fingerprint density at radius 2 is 1.73 bits per heavy atom. The van der Waals surface area contributed by atoms with Crippen LogP contribution in [0.1, 0.15) is 31.1 Å². The van der Waals surface area contributed by atoms with Gasteiger partial charge < -0.3 is 14.9 Å². The Labute approximate surface area is 125 Å². The van der Waals surface area contributed by atoms with Crippen LogP contribution in [-0.2, 0) is 0 Å². The van der Waals surface area contributed by atoms with E-state index in [2.05, 4.69) is 0 Å². The summed E-state index contributed by atoms with van der Waals surface area (Å²) >= 11 is 0. The molecule has 0 unspecified atom stereocenters. The Bertz CT molecular complexity index is 763. The SMILES string of the molecule is COc1ccccc1-c1cc(C(=O)O)cc(C(=O)O)c1C=O. The number of carbonyl (C=O) groups excluding carboxylic acids is 1. The maximum atomic E-state index is 11.4. The highest BCUT2D eigenvalue weighted by Gasteiger charge is 2.20. The average molecular weight is 300 g/mol. The van der Waals surface area contributed by atoms with Crippen LogP contribution in [0, 0.1) is 0 Å². The van der Waals surface area contributed by atoms with E-state index >= 15 is 0 Å². The highest BCUT2D eigenvalue weighted by molar-refractivity contribution is 6.05. The molecule has 2 aromatic carbocycles. The number of carboxylic acids is 2. The highest BCUT2D eigenvalue weighted by atomic mass is 16.5. The van der Waals surface area contributed by atoms with Crippen LogP contribution in [0.15, 0.2) is 36.4 Å². The Morgan fingerprint density at radius 3 is 2.27 bits per heavy atom. The first kappa shape index (κ1) is 15.2. The zero-order chi connectivity index (χ0) is 16.3. The molecule has 0 aliphatic rings. The van der Waals surface area contributed by atoms with Crippen LogP contribution in [-0.4, -0.2) is 35.5 Å². The zero-order valence-electron chi connectivity index (χ0n) is 11.6. The number of hydrogen-bond donors (Lipinski definition) is 2. The first-order chi connectivity index (χ1) is 10.5. The van der Waals surface area contributed by atoms with Gasteiger partial charge in [0, 0.05) is 11.1 Å². The van der Waals surface area contributed by atoms with Gasteiger partial charge in [0.05, 0.1) is 18.2 Å². The fourth-order valence-electron chi connectivity index (χ4n) is 2.17. The summed E-state index contributed by atoms with van der Waals surface area (Å²) in [5.74, 6) is -2.25. The van der Waals surface area contributed by atoms with Crippen LogP contribution in [0.5, 0.6) is 5.75 Å². The number of carboxylic acid groups (broad SMARTS) is 2. The number of carbonyl (C=O) groups is 3. The largest absolute Gasteiger partial charge is 0.496 e. The third kappa shape index (κ3) is 2.67. The molecule has 22 heavy (non-hydrogen) atoms. The summed E-state index contributed by atoms with van der Waals surface area (Å²) in [6.45, 7) is 0. The Hall–Kier alpha value is -3.15. The van der Waals surface area contributed by atoms with Crippen LogP contribution >= 0.6 is 0 Å². The lowest BCUT2D eigenvalue weighted by Gasteiger charge is -2.13. The molecule has 0 atom stereocenters. The number of aldehydes is 1. The van der Waals surface area contributed by atoms with Crippen LogP contribution in [0.25, 0.3) is 11.1 Å². The topological polar surface area (TPSA) is 101 Å². The van der Waals surface area contributed by atoms with Crippen molar-refractivity contribution >= 4 is 18.2 Å². The second-order valence-electron chi connectivity index (χ2n) is 4.41. The minimum Gasteiger partial charge on any atom is -0.496 e. The molecule has 0 amide bonds. The van der Waals surface area contributed by atoms with E-state index in [0.29, 0.717) is 17.6 Å². The number of para-hydroxylation sites is 1. The van der Waals surface area contributed by atoms with E-state index in [1.54, 1.807) is 24.3 Å². The molecule has 2 N–H and O–H groups in total. The van der Waals surface area contributed by atoms with Crippen LogP contribution < -0.4 is 4.74 Å². The van der Waals surface area contributed by atoms with Gasteiger partial charge in [0.15, 0.2) is 6.29 Å². The van der Waals surface area contributed by atoms with Gasteiger partial charge in [0.2, 0.25) is 0 Å². The van der Waals surface area contributed by atoms with Crippen molar-refractivity contribution in [2.45, 2.75) is 0 Å². The van der Waals surface area contributed by atoms with Gasteiger partial charge in [-0.25, -0.2) is 9.59 Å². The summed E-state index contributed by atoms with van der Waals surface area (Å²) in [4.78, 5) is 33.9. The van der Waals surface area contributed by atoms with Crippen molar-refractivity contribution in [1.82, 2.24) is 0 Å². The van der Waals surface area contributed by atoms with Crippen molar-refractivity contribution in [2.24, 2.45) is 0 Å². The number of hydrogen-bond acceptors (Lipinski definition) is 4. The quantitative estimate of drug-likeness (QED) is 0.823. The molecule has 0 aliphatic heterocycles. The van der Waals surface area contributed by atoms with Gasteiger partial charge in [0.1, 0.15) is 5.75 Å². The van der Waals surface area contributed by atoms with E-state index in [0.717, 1.165) is 6.07 Å². The molecule has 0 radical (unpaired) electrons. The molecule has 0 bridgehead atoms. The van der Waals surface area contributed by atoms with Crippen molar-refractivity contribution < 1.29 is 29.3 Å². The molecule has 2 rings (SSSR count). The number of benzene rings is 2. The predicted octanol–water partition coefficient (Wildman–Crippen LogP) is 2.57. The van der Waals surface area contributed by atoms with Crippen molar-refractivity contribution in [3.63, 3.8) is 0 Å². The third-order valence-electron chi connectivity index (χ3n) is 3.17. The van der Waals surface area contributed by atoms with E-state index < -0.39 is 11.9 Å². The van der Waals surface area contributed by atoms with Gasteiger partial charge in [-0.1, -0.05) is 18.2 Å². The molecule has 112 valence electrons. The normalized spacial score (nSPS) is 10.0. The van der Waals surface area contributed by atoms with Gasteiger partial charge in [-0.3, -0.25) is 4.79 Å². The molecule has 0 aromatic heterocycles. The fraction of sp³-hybridized carbons (Fsp3) is 0.0625. The monoisotopic (exact) mass is 300 g/mol. The van der Waals surface area contributed by atoms with Crippen molar-refractivity contribution in [1.29, 1.82) is 0 Å². The van der Waals surface area contributed by atoms with Gasteiger partial charge in [-0.05, 0) is 23.8 Å². The maximum Gasteiger partial charge on any atom is 0.336 e. The standard InChI is InChI=1S/C16H12O6/c1-22-14-5-3-2-4-10(14)11-6-9(15(18)19)7-12(16(20)21)13(11)8-17/h2-8H,1H3,(H,18,19)(H,20,21). The summed E-state index contributed by atoms with van der Waals surface area (Å²) in [6.07, 6.45) is 0.400.